The normalized spacial score (nSPS) is 10.8. The van der Waals surface area contributed by atoms with Crippen LogP contribution in [0.3, 0.4) is 0 Å². The monoisotopic (exact) mass is 446 g/mol. The van der Waals surface area contributed by atoms with Crippen LogP contribution in [0.25, 0.3) is 10.9 Å². The van der Waals surface area contributed by atoms with Crippen LogP contribution in [0, 0.1) is 17.4 Å². The fourth-order valence-electron chi connectivity index (χ4n) is 2.81. The highest BCUT2D eigenvalue weighted by Crippen LogP contribution is 2.19. The second-order valence-electron chi connectivity index (χ2n) is 6.08. The number of halogens is 1. The van der Waals surface area contributed by atoms with Crippen molar-refractivity contribution in [2.75, 3.05) is 6.54 Å². The average Bonchev–Trinajstić information content (AvgIpc) is 2.60. The molecule has 25 heavy (non-hydrogen) atoms. The van der Waals surface area contributed by atoms with Crippen LogP contribution in [0.15, 0.2) is 47.3 Å². The van der Waals surface area contributed by atoms with E-state index in [9.17, 15) is 9.59 Å². The van der Waals surface area contributed by atoms with E-state index in [2.05, 4.69) is 39.0 Å². The van der Waals surface area contributed by atoms with Gasteiger partial charge in [0.25, 0.3) is 11.5 Å². The Kier molecular flexibility index (Phi) is 5.22. The van der Waals surface area contributed by atoms with E-state index < -0.39 is 0 Å². The molecule has 0 fully saturated rings. The minimum absolute atomic E-state index is 0.0928. The molecule has 3 aromatic rings. The van der Waals surface area contributed by atoms with Crippen LogP contribution in [-0.2, 0) is 6.42 Å². The van der Waals surface area contributed by atoms with Gasteiger partial charge >= 0.3 is 0 Å². The quantitative estimate of drug-likeness (QED) is 0.601. The van der Waals surface area contributed by atoms with Crippen LogP contribution in [0.5, 0.6) is 0 Å². The van der Waals surface area contributed by atoms with Gasteiger partial charge in [0.05, 0.1) is 11.1 Å². The Morgan fingerprint density at radius 1 is 1.16 bits per heavy atom. The van der Waals surface area contributed by atoms with Gasteiger partial charge in [-0.2, -0.15) is 0 Å². The maximum absolute atomic E-state index is 12.3. The molecule has 128 valence electrons. The second kappa shape index (κ2) is 7.39. The van der Waals surface area contributed by atoms with E-state index in [1.165, 1.54) is 0 Å². The largest absolute Gasteiger partial charge is 0.352 e. The van der Waals surface area contributed by atoms with Crippen molar-refractivity contribution in [2.45, 2.75) is 20.3 Å². The highest BCUT2D eigenvalue weighted by molar-refractivity contribution is 14.1. The third-order valence-corrected chi connectivity index (χ3v) is 5.37. The van der Waals surface area contributed by atoms with Crippen molar-refractivity contribution in [1.29, 1.82) is 0 Å². The summed E-state index contributed by atoms with van der Waals surface area (Å²) >= 11 is 2.14. The first-order valence-corrected chi connectivity index (χ1v) is 9.20. The van der Waals surface area contributed by atoms with Crippen molar-refractivity contribution in [3.8, 4) is 0 Å². The third kappa shape index (κ3) is 3.76. The van der Waals surface area contributed by atoms with E-state index in [-0.39, 0.29) is 11.5 Å². The summed E-state index contributed by atoms with van der Waals surface area (Å²) in [5, 5.41) is 3.90. The Morgan fingerprint density at radius 3 is 2.68 bits per heavy atom. The topological polar surface area (TPSA) is 62.0 Å². The molecule has 1 aromatic heterocycles. The molecule has 0 atom stereocenters. The molecular formula is C20H19IN2O2. The van der Waals surface area contributed by atoms with Gasteiger partial charge in [0.15, 0.2) is 0 Å². The summed E-state index contributed by atoms with van der Waals surface area (Å²) in [6, 6.07) is 13.4. The maximum atomic E-state index is 12.3. The molecule has 1 heterocycles. The molecule has 0 saturated heterocycles. The summed E-state index contributed by atoms with van der Waals surface area (Å²) in [5.74, 6) is -0.117. The lowest BCUT2D eigenvalue weighted by atomic mass is 10.0. The summed E-state index contributed by atoms with van der Waals surface area (Å²) in [5.41, 5.74) is 4.37. The number of hydrogen-bond donors (Lipinski definition) is 2. The van der Waals surface area contributed by atoms with E-state index in [0.717, 1.165) is 25.6 Å². The highest BCUT2D eigenvalue weighted by atomic mass is 127. The fourth-order valence-corrected chi connectivity index (χ4v) is 3.44. The van der Waals surface area contributed by atoms with E-state index in [0.29, 0.717) is 24.1 Å². The van der Waals surface area contributed by atoms with Crippen LogP contribution in [-0.4, -0.2) is 17.4 Å². The van der Waals surface area contributed by atoms with Crippen molar-refractivity contribution in [3.63, 3.8) is 0 Å². The molecule has 3 rings (SSSR count). The number of benzene rings is 2. The summed E-state index contributed by atoms with van der Waals surface area (Å²) in [6.07, 6.45) is 0.493. The number of aromatic amines is 1. The molecule has 4 nitrogen and oxygen atoms in total. The van der Waals surface area contributed by atoms with E-state index in [1.807, 2.05) is 44.2 Å². The number of nitrogens with one attached hydrogen (secondary N) is 2. The van der Waals surface area contributed by atoms with Crippen molar-refractivity contribution in [2.24, 2.45) is 0 Å². The molecule has 0 radical (unpaired) electrons. The Morgan fingerprint density at radius 2 is 1.92 bits per heavy atom. The SMILES string of the molecule is Cc1ccc2cc(CCNC(=O)c3ccccc3I)c(=O)[nH]c2c1C. The van der Waals surface area contributed by atoms with Crippen LogP contribution >= 0.6 is 22.6 Å². The Balaban J connectivity index is 1.75. The number of pyridine rings is 1. The van der Waals surface area contributed by atoms with Gasteiger partial charge in [-0.05, 0) is 77.6 Å². The van der Waals surface area contributed by atoms with Gasteiger partial charge in [-0.15, -0.1) is 0 Å². The number of H-pyrrole nitrogens is 1. The second-order valence-corrected chi connectivity index (χ2v) is 7.24. The molecule has 5 heteroatoms. The van der Waals surface area contributed by atoms with Gasteiger partial charge in [0.2, 0.25) is 0 Å². The van der Waals surface area contributed by atoms with Crippen LogP contribution in [0.2, 0.25) is 0 Å². The van der Waals surface area contributed by atoms with Gasteiger partial charge in [0.1, 0.15) is 0 Å². The number of hydrogen-bond acceptors (Lipinski definition) is 2. The Bertz CT molecular complexity index is 1010. The minimum Gasteiger partial charge on any atom is -0.352 e. The van der Waals surface area contributed by atoms with Crippen molar-refractivity contribution < 1.29 is 4.79 Å². The van der Waals surface area contributed by atoms with Gasteiger partial charge in [-0.25, -0.2) is 0 Å². The lowest BCUT2D eigenvalue weighted by molar-refractivity contribution is 0.0953. The van der Waals surface area contributed by atoms with E-state index in [4.69, 9.17) is 0 Å². The lowest BCUT2D eigenvalue weighted by Crippen LogP contribution is -2.28. The average molecular weight is 446 g/mol. The molecule has 0 aliphatic carbocycles. The van der Waals surface area contributed by atoms with Crippen molar-refractivity contribution in [3.05, 3.63) is 78.6 Å². The first-order chi connectivity index (χ1) is 12.0. The summed E-state index contributed by atoms with van der Waals surface area (Å²) in [7, 11) is 0. The van der Waals surface area contributed by atoms with Gasteiger partial charge in [-0.3, -0.25) is 9.59 Å². The summed E-state index contributed by atoms with van der Waals surface area (Å²) in [6.45, 7) is 4.46. The molecule has 0 bridgehead atoms. The number of fused-ring (bicyclic) bond motifs is 1. The zero-order valence-corrected chi connectivity index (χ0v) is 16.3. The van der Waals surface area contributed by atoms with Crippen LogP contribution in [0.1, 0.15) is 27.0 Å². The molecular weight excluding hydrogens is 427 g/mol. The number of rotatable bonds is 4. The smallest absolute Gasteiger partial charge is 0.252 e. The van der Waals surface area contributed by atoms with E-state index >= 15 is 0 Å². The third-order valence-electron chi connectivity index (χ3n) is 4.43. The number of aromatic nitrogens is 1. The predicted molar refractivity (Wildman–Crippen MR) is 109 cm³/mol. The molecule has 1 amide bonds. The summed E-state index contributed by atoms with van der Waals surface area (Å²) < 4.78 is 0.909. The number of carbonyl (C=O) groups excluding carboxylic acids is 1. The molecule has 0 unspecified atom stereocenters. The fraction of sp³-hybridized carbons (Fsp3) is 0.200. The lowest BCUT2D eigenvalue weighted by Gasteiger charge is -2.09. The maximum Gasteiger partial charge on any atom is 0.252 e. The van der Waals surface area contributed by atoms with Gasteiger partial charge in [0, 0.05) is 15.7 Å². The molecule has 2 N–H and O–H groups in total. The molecule has 0 aliphatic heterocycles. The van der Waals surface area contributed by atoms with Crippen molar-refractivity contribution >= 4 is 39.4 Å². The molecule has 0 spiro atoms. The first-order valence-electron chi connectivity index (χ1n) is 8.12. The predicted octanol–water partition coefficient (Wildman–Crippen LogP) is 3.72. The number of aryl methyl sites for hydroxylation is 2. The molecule has 0 saturated carbocycles. The van der Waals surface area contributed by atoms with Crippen LogP contribution in [0.4, 0.5) is 0 Å². The Labute approximate surface area is 159 Å². The zero-order chi connectivity index (χ0) is 18.0. The zero-order valence-electron chi connectivity index (χ0n) is 14.2. The summed E-state index contributed by atoms with van der Waals surface area (Å²) in [4.78, 5) is 27.5. The van der Waals surface area contributed by atoms with Crippen LogP contribution < -0.4 is 10.9 Å². The van der Waals surface area contributed by atoms with Crippen molar-refractivity contribution in [1.82, 2.24) is 10.3 Å². The van der Waals surface area contributed by atoms with Gasteiger partial charge in [-0.1, -0.05) is 24.3 Å². The number of carbonyl (C=O) groups is 1. The molecule has 2 aromatic carbocycles. The van der Waals surface area contributed by atoms with E-state index in [1.54, 1.807) is 6.07 Å². The first kappa shape index (κ1) is 17.7. The molecule has 0 aliphatic rings. The van der Waals surface area contributed by atoms with Gasteiger partial charge < -0.3 is 10.3 Å². The number of amides is 1. The highest BCUT2D eigenvalue weighted by Gasteiger charge is 2.10. The Hall–Kier alpha value is -2.15. The minimum atomic E-state index is -0.117. The standard InChI is InChI=1S/C20H19IN2O2/c1-12-7-8-14-11-15(19(24)23-18(14)13(12)2)9-10-22-20(25)16-5-3-4-6-17(16)21/h3-8,11H,9-10H2,1-2H3,(H,22,25)(H,23,24).